The van der Waals surface area contributed by atoms with Crippen LogP contribution in [0.5, 0.6) is 17.2 Å². The number of phenolic OH excluding ortho intramolecular Hbond substituents is 2. The molecule has 8 heteroatoms. The molecule has 0 radical (unpaired) electrons. The van der Waals surface area contributed by atoms with Crippen molar-refractivity contribution in [3.63, 3.8) is 0 Å². The van der Waals surface area contributed by atoms with Gasteiger partial charge in [0.05, 0.1) is 11.3 Å². The van der Waals surface area contributed by atoms with Crippen LogP contribution in [0, 0.1) is 0 Å². The fourth-order valence-electron chi connectivity index (χ4n) is 2.55. The number of carbonyl (C=O) groups excluding carboxylic acids is 2. The van der Waals surface area contributed by atoms with Gasteiger partial charge in [0.25, 0.3) is 0 Å². The van der Waals surface area contributed by atoms with E-state index in [2.05, 4.69) is 10.3 Å². The number of hydrogen-bond donors (Lipinski definition) is 3. The second-order valence-corrected chi connectivity index (χ2v) is 6.52. The summed E-state index contributed by atoms with van der Waals surface area (Å²) in [4.78, 5) is 28.9. The number of para-hydroxylation sites is 1. The minimum atomic E-state index is -0.730. The zero-order valence-electron chi connectivity index (χ0n) is 13.7. The molecule has 134 valence electrons. The lowest BCUT2D eigenvalue weighted by Crippen LogP contribution is -2.25. The van der Waals surface area contributed by atoms with Gasteiger partial charge in [0.1, 0.15) is 11.3 Å². The van der Waals surface area contributed by atoms with Crippen LogP contribution in [0.15, 0.2) is 59.6 Å². The van der Waals surface area contributed by atoms with Gasteiger partial charge in [-0.15, -0.1) is 11.3 Å². The Morgan fingerprint density at radius 3 is 2.70 bits per heavy atom. The molecule has 0 spiro atoms. The number of esters is 1. The summed E-state index contributed by atoms with van der Waals surface area (Å²) in [6.07, 6.45) is 1.28. The number of thiazole rings is 1. The fourth-order valence-corrected chi connectivity index (χ4v) is 3.24. The molecule has 1 aliphatic rings. The Bertz CT molecular complexity index is 1100. The Labute approximate surface area is 157 Å². The van der Waals surface area contributed by atoms with Gasteiger partial charge in [0.15, 0.2) is 16.6 Å². The van der Waals surface area contributed by atoms with Gasteiger partial charge < -0.3 is 20.3 Å². The number of carbonyl (C=O) groups is 2. The first kappa shape index (κ1) is 16.8. The van der Waals surface area contributed by atoms with Crippen LogP contribution in [-0.2, 0) is 4.79 Å². The molecule has 2 aromatic carbocycles. The molecule has 7 nitrogen and oxygen atoms in total. The van der Waals surface area contributed by atoms with Crippen molar-refractivity contribution >= 4 is 28.2 Å². The highest BCUT2D eigenvalue weighted by Gasteiger charge is 2.30. The second-order valence-electron chi connectivity index (χ2n) is 5.66. The van der Waals surface area contributed by atoms with E-state index in [4.69, 9.17) is 4.74 Å². The number of phenols is 2. The highest BCUT2D eigenvalue weighted by molar-refractivity contribution is 7.14. The van der Waals surface area contributed by atoms with Crippen LogP contribution < -0.4 is 10.1 Å². The molecule has 1 aliphatic heterocycles. The summed E-state index contributed by atoms with van der Waals surface area (Å²) in [7, 11) is 0. The van der Waals surface area contributed by atoms with E-state index in [1.165, 1.54) is 29.7 Å². The third-order valence-corrected chi connectivity index (χ3v) is 4.69. The number of aromatic nitrogens is 1. The molecule has 0 atom stereocenters. The van der Waals surface area contributed by atoms with Crippen LogP contribution in [-0.4, -0.2) is 26.9 Å². The van der Waals surface area contributed by atoms with Gasteiger partial charge in [-0.25, -0.2) is 9.78 Å². The van der Waals surface area contributed by atoms with Crippen LogP contribution in [0.3, 0.4) is 0 Å². The van der Waals surface area contributed by atoms with E-state index in [-0.39, 0.29) is 22.8 Å². The van der Waals surface area contributed by atoms with Gasteiger partial charge >= 0.3 is 5.97 Å². The van der Waals surface area contributed by atoms with E-state index >= 15 is 0 Å². The molecule has 3 aromatic rings. The second kappa shape index (κ2) is 6.58. The molecule has 0 saturated heterocycles. The van der Waals surface area contributed by atoms with Crippen LogP contribution in [0.4, 0.5) is 5.13 Å². The molecule has 0 amide bonds. The lowest BCUT2D eigenvalue weighted by atomic mass is 10.0. The Morgan fingerprint density at radius 1 is 1.07 bits per heavy atom. The molecule has 0 fully saturated rings. The van der Waals surface area contributed by atoms with Gasteiger partial charge in [-0.2, -0.15) is 0 Å². The summed E-state index contributed by atoms with van der Waals surface area (Å²) in [6.45, 7) is 0. The maximum atomic E-state index is 12.5. The van der Waals surface area contributed by atoms with Gasteiger partial charge in [0, 0.05) is 17.1 Å². The number of hydrogen-bond acceptors (Lipinski definition) is 8. The van der Waals surface area contributed by atoms with Crippen molar-refractivity contribution in [3.05, 3.63) is 65.2 Å². The predicted octanol–water partition coefficient (Wildman–Crippen LogP) is 3.32. The molecule has 0 unspecified atom stereocenters. The third kappa shape index (κ3) is 3.13. The van der Waals surface area contributed by atoms with Crippen molar-refractivity contribution in [2.75, 3.05) is 5.32 Å². The molecule has 3 N–H and O–H groups in total. The number of aromatic hydroxyl groups is 2. The Hall–Kier alpha value is -3.65. The van der Waals surface area contributed by atoms with Gasteiger partial charge in [-0.1, -0.05) is 12.1 Å². The maximum absolute atomic E-state index is 12.5. The molecule has 1 aromatic heterocycles. The average Bonchev–Trinajstić information content (AvgIpc) is 3.13. The minimum absolute atomic E-state index is 0.118. The smallest absolute Gasteiger partial charge is 0.349 e. The van der Waals surface area contributed by atoms with Crippen LogP contribution in [0.25, 0.3) is 11.3 Å². The van der Waals surface area contributed by atoms with Crippen molar-refractivity contribution in [2.24, 2.45) is 0 Å². The molecule has 4 rings (SSSR count). The van der Waals surface area contributed by atoms with Crippen LogP contribution >= 0.6 is 11.3 Å². The monoisotopic (exact) mass is 380 g/mol. The zero-order chi connectivity index (χ0) is 19.0. The Balaban J connectivity index is 1.57. The number of benzene rings is 2. The van der Waals surface area contributed by atoms with Crippen molar-refractivity contribution in [1.82, 2.24) is 4.98 Å². The Morgan fingerprint density at radius 2 is 1.89 bits per heavy atom. The molecule has 0 aliphatic carbocycles. The van der Waals surface area contributed by atoms with E-state index in [9.17, 15) is 19.8 Å². The number of fused-ring (bicyclic) bond motifs is 1. The summed E-state index contributed by atoms with van der Waals surface area (Å²) in [5.74, 6) is -1.37. The normalized spacial score (nSPS) is 14.7. The first-order valence-electron chi connectivity index (χ1n) is 7.83. The standard InChI is InChI=1S/C19H12N2O5S/c22-14-6-5-10(7-15(14)23)13-9-27-19(21-13)20-8-12-17(24)11-3-1-2-4-16(11)26-18(12)25/h1-9,22-23H,(H,20,21)/b12-8-. The fraction of sp³-hybridized carbons (Fsp3) is 0. The first-order valence-corrected chi connectivity index (χ1v) is 8.71. The topological polar surface area (TPSA) is 109 Å². The Kier molecular flexibility index (Phi) is 4.09. The molecular formula is C19H12N2O5S. The van der Waals surface area contributed by atoms with E-state index in [1.807, 2.05) is 0 Å². The first-order chi connectivity index (χ1) is 13.0. The van der Waals surface area contributed by atoms with Crippen molar-refractivity contribution in [1.29, 1.82) is 0 Å². The summed E-state index contributed by atoms with van der Waals surface area (Å²) in [6, 6.07) is 10.9. The quantitative estimate of drug-likeness (QED) is 0.210. The summed E-state index contributed by atoms with van der Waals surface area (Å²) in [5.41, 5.74) is 1.39. The molecular weight excluding hydrogens is 368 g/mol. The van der Waals surface area contributed by atoms with Crippen LogP contribution in [0.1, 0.15) is 10.4 Å². The van der Waals surface area contributed by atoms with E-state index < -0.39 is 11.8 Å². The molecule has 0 bridgehead atoms. The number of nitrogens with one attached hydrogen (secondary N) is 1. The summed E-state index contributed by atoms with van der Waals surface area (Å²) < 4.78 is 5.17. The number of nitrogens with zero attached hydrogens (tertiary/aromatic N) is 1. The molecule has 2 heterocycles. The number of ether oxygens (including phenoxy) is 1. The van der Waals surface area contributed by atoms with E-state index in [0.717, 1.165) is 0 Å². The van der Waals surface area contributed by atoms with Crippen molar-refractivity contribution < 1.29 is 24.5 Å². The molecule has 27 heavy (non-hydrogen) atoms. The SMILES string of the molecule is O=C1Oc2ccccc2C(=O)/C1=C/Nc1nc(-c2ccc(O)c(O)c2)cs1. The number of rotatable bonds is 3. The zero-order valence-corrected chi connectivity index (χ0v) is 14.5. The maximum Gasteiger partial charge on any atom is 0.349 e. The molecule has 0 saturated carbocycles. The average molecular weight is 380 g/mol. The summed E-state index contributed by atoms with van der Waals surface area (Å²) >= 11 is 1.26. The number of Topliss-reactive ketones (excluding diaryl/α,β-unsaturated/α-hetero) is 1. The minimum Gasteiger partial charge on any atom is -0.504 e. The largest absolute Gasteiger partial charge is 0.504 e. The van der Waals surface area contributed by atoms with Crippen molar-refractivity contribution in [3.8, 4) is 28.5 Å². The van der Waals surface area contributed by atoms with Gasteiger partial charge in [0.2, 0.25) is 5.78 Å². The number of anilines is 1. The predicted molar refractivity (Wildman–Crippen MR) is 99.0 cm³/mol. The van der Waals surface area contributed by atoms with E-state index in [1.54, 1.807) is 35.7 Å². The third-order valence-electron chi connectivity index (χ3n) is 3.91. The highest BCUT2D eigenvalue weighted by atomic mass is 32.1. The number of ketones is 1. The van der Waals surface area contributed by atoms with E-state index in [0.29, 0.717) is 22.0 Å². The summed E-state index contributed by atoms with van der Waals surface area (Å²) in [5, 5.41) is 24.0. The lowest BCUT2D eigenvalue weighted by Gasteiger charge is -2.16. The highest BCUT2D eigenvalue weighted by Crippen LogP contribution is 2.32. The van der Waals surface area contributed by atoms with Gasteiger partial charge in [-0.05, 0) is 30.3 Å². The van der Waals surface area contributed by atoms with Crippen LogP contribution in [0.2, 0.25) is 0 Å². The van der Waals surface area contributed by atoms with Crippen molar-refractivity contribution in [2.45, 2.75) is 0 Å². The lowest BCUT2D eigenvalue weighted by molar-refractivity contribution is -0.130. The van der Waals surface area contributed by atoms with Gasteiger partial charge in [-0.3, -0.25) is 4.79 Å².